The quantitative estimate of drug-likeness (QED) is 0.879. The van der Waals surface area contributed by atoms with Crippen molar-refractivity contribution in [3.63, 3.8) is 0 Å². The fourth-order valence-electron chi connectivity index (χ4n) is 1.72. The van der Waals surface area contributed by atoms with Crippen molar-refractivity contribution in [2.45, 2.75) is 12.5 Å². The van der Waals surface area contributed by atoms with Crippen LogP contribution in [0.1, 0.15) is 16.5 Å². The molecule has 1 aromatic heterocycles. The molecule has 1 heterocycles. The number of hydrogen-bond acceptors (Lipinski definition) is 3. The van der Waals surface area contributed by atoms with E-state index < -0.39 is 12.0 Å². The molecule has 2 aromatic rings. The van der Waals surface area contributed by atoms with Gasteiger partial charge in [0.2, 0.25) is 5.91 Å². The molecular weight excluding hydrogens is 262 g/mol. The fraction of sp³-hybridized carbons (Fsp3) is 0.143. The summed E-state index contributed by atoms with van der Waals surface area (Å²) >= 11 is 1.47. The monoisotopic (exact) mass is 275 g/mol. The van der Waals surface area contributed by atoms with Crippen molar-refractivity contribution in [1.82, 2.24) is 5.32 Å². The van der Waals surface area contributed by atoms with Crippen LogP contribution < -0.4 is 5.32 Å². The normalized spacial score (nSPS) is 11.8. The first-order valence-electron chi connectivity index (χ1n) is 5.76. The van der Waals surface area contributed by atoms with Crippen molar-refractivity contribution < 1.29 is 14.7 Å². The maximum atomic E-state index is 11.8. The molecule has 0 bridgehead atoms. The zero-order valence-corrected chi connectivity index (χ0v) is 10.9. The van der Waals surface area contributed by atoms with Crippen molar-refractivity contribution in [2.75, 3.05) is 0 Å². The number of thiophene rings is 1. The van der Waals surface area contributed by atoms with Crippen LogP contribution in [-0.4, -0.2) is 17.0 Å². The van der Waals surface area contributed by atoms with E-state index in [0.717, 1.165) is 4.88 Å². The van der Waals surface area contributed by atoms with Gasteiger partial charge in [-0.05, 0) is 17.0 Å². The van der Waals surface area contributed by atoms with Gasteiger partial charge in [0.1, 0.15) is 0 Å². The fourth-order valence-corrected chi connectivity index (χ4v) is 2.42. The van der Waals surface area contributed by atoms with Crippen molar-refractivity contribution in [1.29, 1.82) is 0 Å². The molecular formula is C14H13NO3S. The first-order valence-corrected chi connectivity index (χ1v) is 6.64. The minimum absolute atomic E-state index is 0.203. The first kappa shape index (κ1) is 13.3. The maximum absolute atomic E-state index is 11.8. The van der Waals surface area contributed by atoms with Gasteiger partial charge in [0.05, 0.1) is 6.42 Å². The van der Waals surface area contributed by atoms with Crippen LogP contribution in [0.3, 0.4) is 0 Å². The van der Waals surface area contributed by atoms with Gasteiger partial charge in [-0.2, -0.15) is 0 Å². The van der Waals surface area contributed by atoms with Crippen LogP contribution in [0.4, 0.5) is 0 Å². The van der Waals surface area contributed by atoms with E-state index in [1.807, 2.05) is 17.5 Å². The third kappa shape index (κ3) is 3.66. The first-order chi connectivity index (χ1) is 9.16. The largest absolute Gasteiger partial charge is 0.479 e. The Morgan fingerprint density at radius 2 is 1.89 bits per heavy atom. The summed E-state index contributed by atoms with van der Waals surface area (Å²) in [6.07, 6.45) is 0.203. The number of carboxylic acids is 1. The van der Waals surface area contributed by atoms with Gasteiger partial charge in [-0.25, -0.2) is 4.79 Å². The summed E-state index contributed by atoms with van der Waals surface area (Å²) in [4.78, 5) is 24.0. The standard InChI is InChI=1S/C14H13NO3S/c16-12(9-11-7-4-8-19-11)15-13(14(17)18)10-5-2-1-3-6-10/h1-8,13H,9H2,(H,15,16)(H,17,18)/t13-/m1/s1. The Labute approximate surface area is 114 Å². The summed E-state index contributed by atoms with van der Waals surface area (Å²) in [6.45, 7) is 0. The Morgan fingerprint density at radius 1 is 1.16 bits per heavy atom. The predicted molar refractivity (Wildman–Crippen MR) is 73.0 cm³/mol. The molecule has 0 aliphatic rings. The van der Waals surface area contributed by atoms with Crippen molar-refractivity contribution >= 4 is 23.2 Å². The number of rotatable bonds is 5. The highest BCUT2D eigenvalue weighted by Crippen LogP contribution is 2.14. The molecule has 1 atom stereocenters. The summed E-state index contributed by atoms with van der Waals surface area (Å²) in [7, 11) is 0. The minimum atomic E-state index is -1.06. The molecule has 0 unspecified atom stereocenters. The number of hydrogen-bond donors (Lipinski definition) is 2. The third-order valence-electron chi connectivity index (χ3n) is 2.60. The van der Waals surface area contributed by atoms with E-state index in [-0.39, 0.29) is 12.3 Å². The Kier molecular flexibility index (Phi) is 4.30. The molecule has 5 heteroatoms. The van der Waals surface area contributed by atoms with E-state index in [2.05, 4.69) is 5.32 Å². The lowest BCUT2D eigenvalue weighted by Crippen LogP contribution is -2.34. The Balaban J connectivity index is 2.05. The lowest BCUT2D eigenvalue weighted by Gasteiger charge is -2.14. The molecule has 0 saturated heterocycles. The summed E-state index contributed by atoms with van der Waals surface area (Å²) < 4.78 is 0. The molecule has 0 aliphatic heterocycles. The highest BCUT2D eigenvalue weighted by atomic mass is 32.1. The zero-order chi connectivity index (χ0) is 13.7. The molecule has 0 aliphatic carbocycles. The van der Waals surface area contributed by atoms with Crippen LogP contribution in [0.25, 0.3) is 0 Å². The van der Waals surface area contributed by atoms with Crippen LogP contribution in [0.2, 0.25) is 0 Å². The van der Waals surface area contributed by atoms with Gasteiger partial charge in [-0.15, -0.1) is 11.3 Å². The summed E-state index contributed by atoms with van der Waals surface area (Å²) in [5, 5.41) is 13.6. The topological polar surface area (TPSA) is 66.4 Å². The summed E-state index contributed by atoms with van der Waals surface area (Å²) in [5.41, 5.74) is 0.564. The molecule has 4 nitrogen and oxygen atoms in total. The van der Waals surface area contributed by atoms with Crippen molar-refractivity contribution in [2.24, 2.45) is 0 Å². The number of carboxylic acid groups (broad SMARTS) is 1. The van der Waals surface area contributed by atoms with Gasteiger partial charge in [0.25, 0.3) is 0 Å². The van der Waals surface area contributed by atoms with Gasteiger partial charge < -0.3 is 10.4 Å². The minimum Gasteiger partial charge on any atom is -0.479 e. The second kappa shape index (κ2) is 6.15. The third-order valence-corrected chi connectivity index (χ3v) is 3.48. The van der Waals surface area contributed by atoms with Gasteiger partial charge in [0, 0.05) is 4.88 Å². The van der Waals surface area contributed by atoms with Gasteiger partial charge in [-0.3, -0.25) is 4.79 Å². The molecule has 0 spiro atoms. The molecule has 0 radical (unpaired) electrons. The Bertz CT molecular complexity index is 551. The van der Waals surface area contributed by atoms with E-state index in [4.69, 9.17) is 0 Å². The average Bonchev–Trinajstić information content (AvgIpc) is 2.89. The molecule has 2 rings (SSSR count). The van der Waals surface area contributed by atoms with E-state index in [9.17, 15) is 14.7 Å². The number of nitrogens with one attached hydrogen (secondary N) is 1. The summed E-state index contributed by atoms with van der Waals surface area (Å²) in [6, 6.07) is 11.4. The van der Waals surface area contributed by atoms with Crippen LogP contribution in [0.15, 0.2) is 47.8 Å². The van der Waals surface area contributed by atoms with E-state index in [1.54, 1.807) is 30.3 Å². The second-order valence-corrected chi connectivity index (χ2v) is 5.04. The highest BCUT2D eigenvalue weighted by molar-refractivity contribution is 7.10. The highest BCUT2D eigenvalue weighted by Gasteiger charge is 2.21. The average molecular weight is 275 g/mol. The molecule has 1 aromatic carbocycles. The number of carbonyl (C=O) groups excluding carboxylic acids is 1. The van der Waals surface area contributed by atoms with Gasteiger partial charge >= 0.3 is 5.97 Å². The number of aliphatic carboxylic acids is 1. The SMILES string of the molecule is O=C(Cc1cccs1)N[C@@H](C(=O)O)c1ccccc1. The van der Waals surface area contributed by atoms with Crippen LogP contribution in [-0.2, 0) is 16.0 Å². The molecule has 98 valence electrons. The number of carbonyl (C=O) groups is 2. The van der Waals surface area contributed by atoms with Crippen LogP contribution in [0, 0.1) is 0 Å². The Hall–Kier alpha value is -2.14. The summed E-state index contributed by atoms with van der Waals surface area (Å²) in [5.74, 6) is -1.36. The maximum Gasteiger partial charge on any atom is 0.330 e. The second-order valence-electron chi connectivity index (χ2n) is 4.01. The molecule has 0 saturated carbocycles. The molecule has 0 fully saturated rings. The molecule has 19 heavy (non-hydrogen) atoms. The smallest absolute Gasteiger partial charge is 0.330 e. The predicted octanol–water partition coefficient (Wildman–Crippen LogP) is 2.23. The van der Waals surface area contributed by atoms with Gasteiger partial charge in [0.15, 0.2) is 6.04 Å². The van der Waals surface area contributed by atoms with Crippen LogP contribution >= 0.6 is 11.3 Å². The van der Waals surface area contributed by atoms with Crippen molar-refractivity contribution in [3.8, 4) is 0 Å². The number of benzene rings is 1. The zero-order valence-electron chi connectivity index (χ0n) is 10.1. The van der Waals surface area contributed by atoms with Gasteiger partial charge in [-0.1, -0.05) is 36.4 Å². The van der Waals surface area contributed by atoms with E-state index >= 15 is 0 Å². The molecule has 1 amide bonds. The lowest BCUT2D eigenvalue weighted by molar-refractivity contribution is -0.141. The van der Waals surface area contributed by atoms with Crippen LogP contribution in [0.5, 0.6) is 0 Å². The number of amides is 1. The molecule has 2 N–H and O–H groups in total. The lowest BCUT2D eigenvalue weighted by atomic mass is 10.1. The van der Waals surface area contributed by atoms with Crippen molar-refractivity contribution in [3.05, 3.63) is 58.3 Å². The van der Waals surface area contributed by atoms with E-state index in [0.29, 0.717) is 5.56 Å². The van der Waals surface area contributed by atoms with E-state index in [1.165, 1.54) is 11.3 Å². The Morgan fingerprint density at radius 3 is 2.47 bits per heavy atom.